The van der Waals surface area contributed by atoms with Crippen molar-refractivity contribution in [3.05, 3.63) is 27.9 Å². The highest BCUT2D eigenvalue weighted by molar-refractivity contribution is 5.47. The van der Waals surface area contributed by atoms with Crippen LogP contribution in [0.2, 0.25) is 0 Å². The van der Waals surface area contributed by atoms with Gasteiger partial charge in [-0.15, -0.1) is 0 Å². The summed E-state index contributed by atoms with van der Waals surface area (Å²) in [5.41, 5.74) is 0.770. The first-order valence-electron chi connectivity index (χ1n) is 7.60. The summed E-state index contributed by atoms with van der Waals surface area (Å²) < 4.78 is 6.02. The highest BCUT2D eigenvalue weighted by atomic mass is 16.6. The summed E-state index contributed by atoms with van der Waals surface area (Å²) in [6.45, 7) is 2.52. The molecule has 1 unspecified atom stereocenters. The van der Waals surface area contributed by atoms with E-state index in [0.717, 1.165) is 38.1 Å². The first kappa shape index (κ1) is 14.3. The minimum Gasteiger partial charge on any atom is -0.375 e. The predicted octanol–water partition coefficient (Wildman–Crippen LogP) is 3.20. The summed E-state index contributed by atoms with van der Waals surface area (Å²) in [6.07, 6.45) is 8.10. The third-order valence-corrected chi connectivity index (χ3v) is 4.64. The molecule has 0 bridgehead atoms. The number of nitrogens with one attached hydrogen (secondary N) is 1. The third-order valence-electron chi connectivity index (χ3n) is 4.64. The molecular weight excluding hydrogens is 270 g/mol. The van der Waals surface area contributed by atoms with Crippen LogP contribution in [0, 0.1) is 17.0 Å². The average Bonchev–Trinajstić information content (AvgIpc) is 2.86. The van der Waals surface area contributed by atoms with Gasteiger partial charge in [0.05, 0.1) is 10.5 Å². The van der Waals surface area contributed by atoms with Gasteiger partial charge in [0.1, 0.15) is 12.0 Å². The van der Waals surface area contributed by atoms with Crippen LogP contribution < -0.4 is 5.32 Å². The molecule has 1 aliphatic carbocycles. The van der Waals surface area contributed by atoms with Crippen LogP contribution in [0.1, 0.15) is 44.1 Å². The van der Waals surface area contributed by atoms with E-state index in [2.05, 4.69) is 10.3 Å². The van der Waals surface area contributed by atoms with Crippen molar-refractivity contribution in [2.24, 2.45) is 0 Å². The Morgan fingerprint density at radius 1 is 1.48 bits per heavy atom. The Morgan fingerprint density at radius 2 is 2.24 bits per heavy atom. The lowest BCUT2D eigenvalue weighted by atomic mass is 9.89. The predicted molar refractivity (Wildman–Crippen MR) is 79.4 cm³/mol. The van der Waals surface area contributed by atoms with Crippen LogP contribution in [-0.4, -0.2) is 28.2 Å². The fourth-order valence-electron chi connectivity index (χ4n) is 3.55. The number of aryl methyl sites for hydroxylation is 1. The van der Waals surface area contributed by atoms with Gasteiger partial charge in [-0.05, 0) is 38.7 Å². The lowest BCUT2D eigenvalue weighted by molar-refractivity contribution is -0.385. The van der Waals surface area contributed by atoms with Gasteiger partial charge in [-0.2, -0.15) is 0 Å². The van der Waals surface area contributed by atoms with Crippen molar-refractivity contribution in [1.82, 2.24) is 4.98 Å². The van der Waals surface area contributed by atoms with E-state index in [9.17, 15) is 10.1 Å². The summed E-state index contributed by atoms with van der Waals surface area (Å²) in [4.78, 5) is 14.6. The minimum absolute atomic E-state index is 0.0612. The van der Waals surface area contributed by atoms with Gasteiger partial charge < -0.3 is 10.1 Å². The molecule has 0 aromatic carbocycles. The summed E-state index contributed by atoms with van der Waals surface area (Å²) in [7, 11) is 0. The Hall–Kier alpha value is -1.69. The van der Waals surface area contributed by atoms with Crippen LogP contribution in [0.4, 0.5) is 11.5 Å². The van der Waals surface area contributed by atoms with Gasteiger partial charge in [0.2, 0.25) is 0 Å². The molecule has 1 aromatic heterocycles. The summed E-state index contributed by atoms with van der Waals surface area (Å²) >= 11 is 0. The van der Waals surface area contributed by atoms with Crippen LogP contribution in [0.3, 0.4) is 0 Å². The van der Waals surface area contributed by atoms with E-state index in [1.54, 1.807) is 13.0 Å². The zero-order valence-electron chi connectivity index (χ0n) is 12.3. The highest BCUT2D eigenvalue weighted by Gasteiger charge is 2.39. The molecule has 1 spiro atoms. The molecule has 21 heavy (non-hydrogen) atoms. The van der Waals surface area contributed by atoms with Crippen molar-refractivity contribution in [3.63, 3.8) is 0 Å². The molecule has 1 aromatic rings. The van der Waals surface area contributed by atoms with Crippen LogP contribution in [-0.2, 0) is 4.74 Å². The molecule has 1 saturated heterocycles. The van der Waals surface area contributed by atoms with E-state index in [1.807, 2.05) is 0 Å². The fourth-order valence-corrected chi connectivity index (χ4v) is 3.55. The number of hydrogen-bond acceptors (Lipinski definition) is 5. The van der Waals surface area contributed by atoms with Gasteiger partial charge in [0.15, 0.2) is 0 Å². The maximum Gasteiger partial charge on any atom is 0.290 e. The van der Waals surface area contributed by atoms with Crippen molar-refractivity contribution in [1.29, 1.82) is 0 Å². The molecule has 0 amide bonds. The first-order valence-corrected chi connectivity index (χ1v) is 7.60. The summed E-state index contributed by atoms with van der Waals surface area (Å²) in [5.74, 6) is 0.721. The Morgan fingerprint density at radius 3 is 2.90 bits per heavy atom. The van der Waals surface area contributed by atoms with Crippen molar-refractivity contribution in [2.45, 2.75) is 57.1 Å². The number of nitro groups is 1. The average molecular weight is 291 g/mol. The van der Waals surface area contributed by atoms with Crippen LogP contribution in [0.5, 0.6) is 0 Å². The molecular formula is C15H21N3O3. The van der Waals surface area contributed by atoms with Gasteiger partial charge in [-0.25, -0.2) is 4.98 Å². The summed E-state index contributed by atoms with van der Waals surface area (Å²) in [5, 5.41) is 14.2. The van der Waals surface area contributed by atoms with E-state index < -0.39 is 4.92 Å². The number of rotatable bonds is 3. The number of anilines is 1. The monoisotopic (exact) mass is 291 g/mol. The maximum absolute atomic E-state index is 10.8. The smallest absolute Gasteiger partial charge is 0.290 e. The zero-order chi connectivity index (χ0) is 14.9. The molecule has 2 heterocycles. The lowest BCUT2D eigenvalue weighted by Gasteiger charge is -2.38. The fraction of sp³-hybridized carbons (Fsp3) is 0.667. The van der Waals surface area contributed by atoms with Crippen molar-refractivity contribution in [3.8, 4) is 0 Å². The van der Waals surface area contributed by atoms with Gasteiger partial charge >= 0.3 is 0 Å². The topological polar surface area (TPSA) is 77.3 Å². The Bertz CT molecular complexity index is 541. The van der Waals surface area contributed by atoms with Crippen molar-refractivity contribution >= 4 is 11.5 Å². The molecule has 1 atom stereocenters. The molecule has 1 N–H and O–H groups in total. The molecule has 6 heteroatoms. The van der Waals surface area contributed by atoms with Crippen LogP contribution in [0.15, 0.2) is 12.3 Å². The zero-order valence-corrected chi connectivity index (χ0v) is 12.3. The Kier molecular flexibility index (Phi) is 3.80. The van der Waals surface area contributed by atoms with Gasteiger partial charge in [0.25, 0.3) is 5.69 Å². The molecule has 1 aliphatic heterocycles. The first-order chi connectivity index (χ1) is 10.1. The van der Waals surface area contributed by atoms with Gasteiger partial charge in [0, 0.05) is 18.2 Å². The van der Waals surface area contributed by atoms with Crippen molar-refractivity contribution < 1.29 is 9.66 Å². The molecule has 1 saturated carbocycles. The number of aromatic nitrogens is 1. The number of ether oxygens (including phenoxy) is 1. The van der Waals surface area contributed by atoms with Crippen molar-refractivity contribution in [2.75, 3.05) is 11.9 Å². The molecule has 2 fully saturated rings. The molecule has 6 nitrogen and oxygen atoms in total. The van der Waals surface area contributed by atoms with Crippen LogP contribution >= 0.6 is 0 Å². The Labute approximate surface area is 124 Å². The molecule has 0 radical (unpaired) electrons. The van der Waals surface area contributed by atoms with E-state index in [4.69, 9.17) is 4.74 Å². The second-order valence-electron chi connectivity index (χ2n) is 6.19. The summed E-state index contributed by atoms with van der Waals surface area (Å²) in [6, 6.07) is 2.10. The number of hydrogen-bond donors (Lipinski definition) is 1. The van der Waals surface area contributed by atoms with E-state index in [0.29, 0.717) is 11.6 Å². The quantitative estimate of drug-likeness (QED) is 0.683. The molecule has 2 aliphatic rings. The molecule has 114 valence electrons. The number of pyridine rings is 1. The standard InChI is InChI=1S/C15H21N3O3/c1-11-8-14(16-10-13(11)18(19)20)17-12-4-7-21-15(9-12)5-2-3-6-15/h8,10,12H,2-7,9H2,1H3,(H,16,17). The second kappa shape index (κ2) is 5.60. The minimum atomic E-state index is -0.395. The number of nitrogens with zero attached hydrogens (tertiary/aromatic N) is 2. The third kappa shape index (κ3) is 3.00. The Balaban J connectivity index is 1.68. The van der Waals surface area contributed by atoms with E-state index >= 15 is 0 Å². The SMILES string of the molecule is Cc1cc(NC2CCOC3(CCCC3)C2)ncc1[N+](=O)[O-]. The highest BCUT2D eigenvalue weighted by Crippen LogP contribution is 2.40. The second-order valence-corrected chi connectivity index (χ2v) is 6.19. The van der Waals surface area contributed by atoms with Gasteiger partial charge in [-0.1, -0.05) is 12.8 Å². The van der Waals surface area contributed by atoms with Gasteiger partial charge in [-0.3, -0.25) is 10.1 Å². The molecule has 3 rings (SSSR count). The lowest BCUT2D eigenvalue weighted by Crippen LogP contribution is -2.42. The maximum atomic E-state index is 10.8. The van der Waals surface area contributed by atoms with E-state index in [-0.39, 0.29) is 11.3 Å². The van der Waals surface area contributed by atoms with Crippen LogP contribution in [0.25, 0.3) is 0 Å². The van der Waals surface area contributed by atoms with E-state index in [1.165, 1.54) is 19.0 Å². The normalized spacial score (nSPS) is 24.1. The largest absolute Gasteiger partial charge is 0.375 e.